The first-order valence-electron chi connectivity index (χ1n) is 17.9. The van der Waals surface area contributed by atoms with E-state index in [1.165, 1.54) is 38.5 Å². The molecule has 0 saturated heterocycles. The molecule has 6 heteroatoms. The molecule has 0 radical (unpaired) electrons. The highest BCUT2D eigenvalue weighted by molar-refractivity contribution is 5.72. The van der Waals surface area contributed by atoms with Gasteiger partial charge in [0.1, 0.15) is 42.3 Å². The van der Waals surface area contributed by atoms with Gasteiger partial charge in [-0.25, -0.2) is 0 Å². The van der Waals surface area contributed by atoms with Gasteiger partial charge >= 0.3 is 5.97 Å². The van der Waals surface area contributed by atoms with E-state index in [-0.39, 0.29) is 5.97 Å². The third-order valence-electron chi connectivity index (χ3n) is 8.25. The number of esters is 1. The van der Waals surface area contributed by atoms with Gasteiger partial charge in [-0.15, -0.1) is 0 Å². The molecule has 6 nitrogen and oxygen atoms in total. The Hall–Kier alpha value is -4.55. The molecule has 0 bridgehead atoms. The maximum atomic E-state index is 12.5. The molecular formula is C43H52O6. The second kappa shape index (κ2) is 21.4. The van der Waals surface area contributed by atoms with Crippen molar-refractivity contribution in [2.24, 2.45) is 0 Å². The Morgan fingerprint density at radius 3 is 1.90 bits per heavy atom. The van der Waals surface area contributed by atoms with Gasteiger partial charge in [0.2, 0.25) is 0 Å². The number of benzene rings is 4. The van der Waals surface area contributed by atoms with Crippen LogP contribution in [0.5, 0.6) is 23.0 Å². The lowest BCUT2D eigenvalue weighted by molar-refractivity contribution is -0.134. The van der Waals surface area contributed by atoms with Crippen LogP contribution in [0.3, 0.4) is 0 Å². The summed E-state index contributed by atoms with van der Waals surface area (Å²) in [6.45, 7) is 5.35. The fraction of sp³-hybridized carbons (Fsp3) is 0.372. The monoisotopic (exact) mass is 664 g/mol. The number of aliphatic hydroxyl groups excluding tert-OH is 1. The van der Waals surface area contributed by atoms with Gasteiger partial charge in [-0.1, -0.05) is 131 Å². The highest BCUT2D eigenvalue weighted by Gasteiger charge is 2.15. The lowest BCUT2D eigenvalue weighted by Gasteiger charge is -2.15. The van der Waals surface area contributed by atoms with Crippen molar-refractivity contribution < 1.29 is 28.8 Å². The number of carbonyl (C=O) groups is 1. The van der Waals surface area contributed by atoms with E-state index in [1.807, 2.05) is 91.9 Å². The maximum absolute atomic E-state index is 12.5. The average molecular weight is 665 g/mol. The third kappa shape index (κ3) is 13.5. The molecular weight excluding hydrogens is 612 g/mol. The lowest BCUT2D eigenvalue weighted by Crippen LogP contribution is -2.08. The highest BCUT2D eigenvalue weighted by atomic mass is 16.5. The van der Waals surface area contributed by atoms with Crippen molar-refractivity contribution in [2.75, 3.05) is 6.61 Å². The highest BCUT2D eigenvalue weighted by Crippen LogP contribution is 2.33. The van der Waals surface area contributed by atoms with Crippen LogP contribution < -0.4 is 18.9 Å². The zero-order chi connectivity index (χ0) is 34.5. The van der Waals surface area contributed by atoms with Crippen LogP contribution in [0.4, 0.5) is 0 Å². The van der Waals surface area contributed by atoms with Crippen LogP contribution in [0, 0.1) is 0 Å². The molecule has 0 amide bonds. The van der Waals surface area contributed by atoms with E-state index in [4.69, 9.17) is 18.9 Å². The smallest absolute Gasteiger partial charge is 0.311 e. The third-order valence-corrected chi connectivity index (χ3v) is 8.25. The molecule has 0 fully saturated rings. The van der Waals surface area contributed by atoms with Gasteiger partial charge in [0.25, 0.3) is 0 Å². The Morgan fingerprint density at radius 2 is 1.24 bits per heavy atom. The number of hydrogen-bond acceptors (Lipinski definition) is 6. The van der Waals surface area contributed by atoms with Crippen LogP contribution in [-0.4, -0.2) is 17.7 Å². The molecule has 0 saturated carbocycles. The first kappa shape index (κ1) is 37.3. The summed E-state index contributed by atoms with van der Waals surface area (Å²) in [4.78, 5) is 12.5. The molecule has 0 heterocycles. The minimum Gasteiger partial charge on any atom is -0.493 e. The fourth-order valence-corrected chi connectivity index (χ4v) is 5.51. The molecule has 1 N–H and O–H groups in total. The van der Waals surface area contributed by atoms with E-state index in [2.05, 4.69) is 6.92 Å². The van der Waals surface area contributed by atoms with Gasteiger partial charge in [-0.05, 0) is 48.7 Å². The largest absolute Gasteiger partial charge is 0.493 e. The number of ether oxygens (including phenoxy) is 4. The van der Waals surface area contributed by atoms with Gasteiger partial charge in [0, 0.05) is 29.7 Å². The predicted octanol–water partition coefficient (Wildman–Crippen LogP) is 10.8. The average Bonchev–Trinajstić information content (AvgIpc) is 3.13. The quantitative estimate of drug-likeness (QED) is 0.0512. The van der Waals surface area contributed by atoms with Gasteiger partial charge < -0.3 is 24.1 Å². The van der Waals surface area contributed by atoms with E-state index >= 15 is 0 Å². The minimum atomic E-state index is -0.968. The van der Waals surface area contributed by atoms with Crippen LogP contribution in [0.25, 0.3) is 6.08 Å². The van der Waals surface area contributed by atoms with Crippen molar-refractivity contribution in [1.29, 1.82) is 0 Å². The molecule has 0 aliphatic rings. The molecule has 0 aromatic heterocycles. The Morgan fingerprint density at radius 1 is 0.653 bits per heavy atom. The van der Waals surface area contributed by atoms with Gasteiger partial charge in [-0.3, -0.25) is 4.79 Å². The van der Waals surface area contributed by atoms with Crippen LogP contribution in [0.1, 0.15) is 106 Å². The summed E-state index contributed by atoms with van der Waals surface area (Å²) in [5, 5.41) is 11.2. The summed E-state index contributed by atoms with van der Waals surface area (Å²) >= 11 is 0. The van der Waals surface area contributed by atoms with E-state index in [0.29, 0.717) is 54.8 Å². The van der Waals surface area contributed by atoms with Crippen molar-refractivity contribution in [3.8, 4) is 23.0 Å². The Balaban J connectivity index is 1.37. The minimum absolute atomic E-state index is 0.252. The number of hydrogen-bond donors (Lipinski definition) is 1. The van der Waals surface area contributed by atoms with Crippen LogP contribution >= 0.6 is 0 Å². The second-order valence-electron chi connectivity index (χ2n) is 12.2. The second-order valence-corrected chi connectivity index (χ2v) is 12.2. The van der Waals surface area contributed by atoms with Crippen molar-refractivity contribution in [2.45, 2.75) is 97.4 Å². The van der Waals surface area contributed by atoms with E-state index in [1.54, 1.807) is 24.3 Å². The van der Waals surface area contributed by atoms with E-state index < -0.39 is 6.10 Å². The normalized spacial score (nSPS) is 11.7. The topological polar surface area (TPSA) is 74.2 Å². The zero-order valence-corrected chi connectivity index (χ0v) is 29.2. The molecule has 4 rings (SSSR count). The van der Waals surface area contributed by atoms with Gasteiger partial charge in [0.15, 0.2) is 0 Å². The van der Waals surface area contributed by atoms with E-state index in [9.17, 15) is 9.90 Å². The summed E-state index contributed by atoms with van der Waals surface area (Å²) in [6.07, 6.45) is 13.7. The predicted molar refractivity (Wildman–Crippen MR) is 197 cm³/mol. The molecule has 4 aromatic rings. The Bertz CT molecular complexity index is 1550. The van der Waals surface area contributed by atoms with Crippen LogP contribution in [-0.2, 0) is 18.0 Å². The van der Waals surface area contributed by atoms with Crippen molar-refractivity contribution in [3.63, 3.8) is 0 Å². The summed E-state index contributed by atoms with van der Waals surface area (Å²) in [6, 6.07) is 30.8. The molecule has 0 spiro atoms. The first-order chi connectivity index (χ1) is 24.1. The van der Waals surface area contributed by atoms with Gasteiger partial charge in [-0.2, -0.15) is 0 Å². The number of rotatable bonds is 22. The number of carbonyl (C=O) groups excluding carboxylic acids is 1. The Labute approximate surface area is 292 Å². The molecule has 0 aliphatic carbocycles. The molecule has 0 aliphatic heterocycles. The first-order valence-corrected chi connectivity index (χ1v) is 17.9. The molecule has 4 aromatic carbocycles. The number of unbranched alkanes of at least 4 members (excludes halogenated alkanes) is 8. The van der Waals surface area contributed by atoms with E-state index in [0.717, 1.165) is 36.0 Å². The van der Waals surface area contributed by atoms with Gasteiger partial charge in [0.05, 0.1) is 6.61 Å². The Kier molecular flexibility index (Phi) is 16.3. The molecule has 1 unspecified atom stereocenters. The molecule has 1 atom stereocenters. The standard InChI is InChI=1S/C43H52O6/c1-3-5-6-7-8-9-10-11-18-23-43(45)49-38-27-28-39(42(31-38)46-4-2)40(44)29-25-36-24-26-37(47-32-34-19-14-12-15-20-34)30-41(36)48-33-35-21-16-13-17-22-35/h12-17,19-22,24-31,40,44H,3-11,18,23,32-33H2,1-2H3. The fourth-order valence-electron chi connectivity index (χ4n) is 5.51. The van der Waals surface area contributed by atoms with Crippen LogP contribution in [0.15, 0.2) is 103 Å². The van der Waals surface area contributed by atoms with Crippen molar-refractivity contribution >= 4 is 12.0 Å². The maximum Gasteiger partial charge on any atom is 0.311 e. The molecule has 49 heavy (non-hydrogen) atoms. The summed E-state index contributed by atoms with van der Waals surface area (Å²) < 4.78 is 23.8. The number of aliphatic hydroxyl groups is 1. The molecule has 260 valence electrons. The summed E-state index contributed by atoms with van der Waals surface area (Å²) in [7, 11) is 0. The van der Waals surface area contributed by atoms with Crippen molar-refractivity contribution in [3.05, 3.63) is 125 Å². The van der Waals surface area contributed by atoms with Crippen LogP contribution in [0.2, 0.25) is 0 Å². The van der Waals surface area contributed by atoms with Crippen molar-refractivity contribution in [1.82, 2.24) is 0 Å². The SMILES string of the molecule is CCCCCCCCCCCC(=O)Oc1ccc(C(O)C=Cc2ccc(OCc3ccccc3)cc2OCc2ccccc2)c(OCC)c1. The summed E-state index contributed by atoms with van der Waals surface area (Å²) in [5.74, 6) is 1.95. The summed E-state index contributed by atoms with van der Waals surface area (Å²) in [5.41, 5.74) is 3.49. The lowest BCUT2D eigenvalue weighted by atomic mass is 10.1. The zero-order valence-electron chi connectivity index (χ0n) is 29.2.